The molecule has 0 unspecified atom stereocenters. The number of carbonyl (C=O) groups excluding carboxylic acids is 4. The van der Waals surface area contributed by atoms with Crippen molar-refractivity contribution in [3.8, 4) is 34.1 Å². The Morgan fingerprint density at radius 3 is 1.24 bits per heavy atom. The summed E-state index contributed by atoms with van der Waals surface area (Å²) in [7, 11) is 2.83. The van der Waals surface area contributed by atoms with Gasteiger partial charge < -0.3 is 37.9 Å². The topological polar surface area (TPSA) is 142 Å². The van der Waals surface area contributed by atoms with Crippen LogP contribution in [0.15, 0.2) is 85.0 Å². The predicted octanol–water partition coefficient (Wildman–Crippen LogP) is 4.57. The Labute approximate surface area is 267 Å². The second kappa shape index (κ2) is 18.6. The molecule has 0 aliphatic heterocycles. The van der Waals surface area contributed by atoms with Gasteiger partial charge in [-0.05, 0) is 49.2 Å². The Morgan fingerprint density at radius 2 is 0.913 bits per heavy atom. The smallest absolute Gasteiger partial charge is 0.341 e. The highest BCUT2D eigenvalue weighted by Crippen LogP contribution is 2.37. The lowest BCUT2D eigenvalue weighted by atomic mass is 10.0. The number of carbonyl (C=O) groups is 4. The van der Waals surface area contributed by atoms with E-state index < -0.39 is 23.9 Å². The van der Waals surface area contributed by atoms with Crippen LogP contribution in [0, 0.1) is 0 Å². The van der Waals surface area contributed by atoms with Crippen LogP contribution < -0.4 is 18.9 Å². The summed E-state index contributed by atoms with van der Waals surface area (Å²) in [4.78, 5) is 48.7. The van der Waals surface area contributed by atoms with Crippen molar-refractivity contribution in [2.45, 2.75) is 13.8 Å². The van der Waals surface area contributed by atoms with E-state index in [0.717, 1.165) is 0 Å². The summed E-state index contributed by atoms with van der Waals surface area (Å²) in [6, 6.07) is 9.55. The van der Waals surface area contributed by atoms with E-state index >= 15 is 0 Å². The quantitative estimate of drug-likeness (QED) is 0.0921. The van der Waals surface area contributed by atoms with E-state index in [0.29, 0.717) is 11.1 Å². The summed E-state index contributed by atoms with van der Waals surface area (Å²) < 4.78 is 42.7. The van der Waals surface area contributed by atoms with Crippen molar-refractivity contribution in [2.24, 2.45) is 0 Å². The molecular formula is C34H38O12. The molecule has 0 aromatic heterocycles. The second-order valence-corrected chi connectivity index (χ2v) is 9.70. The van der Waals surface area contributed by atoms with Crippen LogP contribution in [-0.2, 0) is 38.1 Å². The number of methoxy groups -OCH3 is 2. The van der Waals surface area contributed by atoms with Crippen LogP contribution in [0.1, 0.15) is 13.8 Å². The van der Waals surface area contributed by atoms with E-state index in [4.69, 9.17) is 37.9 Å². The van der Waals surface area contributed by atoms with E-state index in [1.807, 2.05) is 0 Å². The molecule has 0 saturated carbocycles. The van der Waals surface area contributed by atoms with Crippen molar-refractivity contribution in [1.29, 1.82) is 0 Å². The minimum Gasteiger partial charge on any atom is -0.486 e. The maximum Gasteiger partial charge on any atom is 0.341 e. The Hall–Kier alpha value is -5.20. The summed E-state index contributed by atoms with van der Waals surface area (Å²) in [5.41, 5.74) is 1.69. The molecule has 0 aliphatic rings. The summed E-state index contributed by atoms with van der Waals surface area (Å²) in [6.07, 6.45) is 0. The molecule has 0 heterocycles. The minimum absolute atomic E-state index is 0.0395. The molecule has 2 rings (SSSR count). The molecule has 46 heavy (non-hydrogen) atoms. The first-order valence-corrected chi connectivity index (χ1v) is 13.8. The maximum atomic E-state index is 12.7. The fourth-order valence-corrected chi connectivity index (χ4v) is 3.40. The van der Waals surface area contributed by atoms with Gasteiger partial charge >= 0.3 is 23.9 Å². The highest BCUT2D eigenvalue weighted by molar-refractivity contribution is 5.91. The molecule has 0 atom stereocenters. The van der Waals surface area contributed by atoms with Crippen molar-refractivity contribution in [1.82, 2.24) is 0 Å². The Morgan fingerprint density at radius 1 is 0.543 bits per heavy atom. The third-order valence-corrected chi connectivity index (χ3v) is 5.69. The number of hydrogen-bond acceptors (Lipinski definition) is 12. The molecule has 0 radical (unpaired) electrons. The summed E-state index contributed by atoms with van der Waals surface area (Å²) in [6.45, 7) is 17.1. The molecule has 0 spiro atoms. The fraction of sp³-hybridized carbons (Fsp3) is 0.294. The number of benzene rings is 2. The van der Waals surface area contributed by atoms with Gasteiger partial charge in [-0.1, -0.05) is 38.4 Å². The normalized spacial score (nSPS) is 10.3. The Kier molecular flexibility index (Phi) is 14.9. The van der Waals surface area contributed by atoms with Gasteiger partial charge in [0.2, 0.25) is 0 Å². The molecule has 12 nitrogen and oxygen atoms in total. The second-order valence-electron chi connectivity index (χ2n) is 9.70. The fourth-order valence-electron chi connectivity index (χ4n) is 3.40. The number of esters is 4. The molecule has 2 aromatic rings. The van der Waals surface area contributed by atoms with Gasteiger partial charge in [0.15, 0.2) is 23.0 Å². The lowest BCUT2D eigenvalue weighted by molar-refractivity contribution is -0.140. The standard InChI is InChI=1S/C34H38O12/c1-21(2)31(35)43-15-13-41-27-11-9-25(17-29(27)45-33(37)23(5)19-39-7)26-10-12-28(42-14-16-44-32(36)22(3)4)30(18-26)46-34(38)24(6)20-40-8/h9-12,17-18H,1,3,5-6,13-16,19-20H2,2,4,7-8H3. The van der Waals surface area contributed by atoms with Crippen LogP contribution in [0.25, 0.3) is 11.1 Å². The zero-order valence-electron chi connectivity index (χ0n) is 26.4. The molecular weight excluding hydrogens is 600 g/mol. The van der Waals surface area contributed by atoms with Gasteiger partial charge in [-0.25, -0.2) is 19.2 Å². The number of ether oxygens (including phenoxy) is 8. The van der Waals surface area contributed by atoms with Crippen LogP contribution in [0.4, 0.5) is 0 Å². The number of hydrogen-bond donors (Lipinski definition) is 0. The lowest BCUT2D eigenvalue weighted by Crippen LogP contribution is -2.16. The van der Waals surface area contributed by atoms with E-state index in [1.165, 1.54) is 40.2 Å². The van der Waals surface area contributed by atoms with E-state index in [9.17, 15) is 19.2 Å². The average molecular weight is 639 g/mol. The average Bonchev–Trinajstić information content (AvgIpc) is 3.02. The van der Waals surface area contributed by atoms with Gasteiger partial charge in [-0.3, -0.25) is 0 Å². The molecule has 246 valence electrons. The van der Waals surface area contributed by atoms with Crippen molar-refractivity contribution in [3.63, 3.8) is 0 Å². The minimum atomic E-state index is -0.750. The van der Waals surface area contributed by atoms with E-state index in [-0.39, 0.29) is 84.9 Å². The predicted molar refractivity (Wildman–Crippen MR) is 168 cm³/mol. The SMILES string of the molecule is C=C(C)C(=O)OCCOc1ccc(-c2ccc(OCCOC(=O)C(=C)C)c(OC(=O)C(=C)COC)c2)cc1OC(=O)C(=C)COC. The molecule has 12 heteroatoms. The Balaban J connectivity index is 2.41. The zero-order chi connectivity index (χ0) is 34.2. The first-order chi connectivity index (χ1) is 21.9. The van der Waals surface area contributed by atoms with Gasteiger partial charge in [0, 0.05) is 25.4 Å². The molecule has 0 aliphatic carbocycles. The van der Waals surface area contributed by atoms with Crippen LogP contribution >= 0.6 is 0 Å². The molecule has 2 aromatic carbocycles. The molecule has 0 bridgehead atoms. The zero-order valence-corrected chi connectivity index (χ0v) is 26.4. The summed E-state index contributed by atoms with van der Waals surface area (Å²) in [5.74, 6) is -2.19. The van der Waals surface area contributed by atoms with Crippen LogP contribution in [-0.4, -0.2) is 77.7 Å². The third kappa shape index (κ3) is 11.7. The molecule has 0 amide bonds. The number of rotatable bonds is 19. The third-order valence-electron chi connectivity index (χ3n) is 5.69. The van der Waals surface area contributed by atoms with Crippen LogP contribution in [0.2, 0.25) is 0 Å². The van der Waals surface area contributed by atoms with Gasteiger partial charge in [-0.15, -0.1) is 0 Å². The molecule has 0 saturated heterocycles. The van der Waals surface area contributed by atoms with Crippen molar-refractivity contribution >= 4 is 23.9 Å². The molecule has 0 N–H and O–H groups in total. The van der Waals surface area contributed by atoms with Gasteiger partial charge in [0.05, 0.1) is 24.4 Å². The maximum absolute atomic E-state index is 12.7. The van der Waals surface area contributed by atoms with E-state index in [2.05, 4.69) is 26.3 Å². The van der Waals surface area contributed by atoms with Crippen molar-refractivity contribution < 1.29 is 57.1 Å². The van der Waals surface area contributed by atoms with E-state index in [1.54, 1.807) is 24.3 Å². The van der Waals surface area contributed by atoms with Crippen molar-refractivity contribution in [3.05, 3.63) is 85.0 Å². The van der Waals surface area contributed by atoms with Gasteiger partial charge in [-0.2, -0.15) is 0 Å². The van der Waals surface area contributed by atoms with Crippen LogP contribution in [0.5, 0.6) is 23.0 Å². The monoisotopic (exact) mass is 638 g/mol. The van der Waals surface area contributed by atoms with Crippen molar-refractivity contribution in [2.75, 3.05) is 53.9 Å². The Bertz CT molecular complexity index is 1380. The molecule has 0 fully saturated rings. The first kappa shape index (κ1) is 37.0. The largest absolute Gasteiger partial charge is 0.486 e. The van der Waals surface area contributed by atoms with Gasteiger partial charge in [0.25, 0.3) is 0 Å². The van der Waals surface area contributed by atoms with Crippen LogP contribution in [0.3, 0.4) is 0 Å². The highest BCUT2D eigenvalue weighted by Gasteiger charge is 2.19. The highest BCUT2D eigenvalue weighted by atomic mass is 16.6. The lowest BCUT2D eigenvalue weighted by Gasteiger charge is -2.16. The summed E-state index contributed by atoms with van der Waals surface area (Å²) >= 11 is 0. The first-order valence-electron chi connectivity index (χ1n) is 13.8. The summed E-state index contributed by atoms with van der Waals surface area (Å²) in [5, 5.41) is 0. The van der Waals surface area contributed by atoms with Gasteiger partial charge in [0.1, 0.15) is 26.4 Å².